The monoisotopic (exact) mass is 352 g/mol. The molecular weight excluding hydrogens is 332 g/mol. The van der Waals surface area contributed by atoms with Crippen LogP contribution >= 0.6 is 34.9 Å². The smallest absolute Gasteiger partial charge is 0.241 e. The van der Waals surface area contributed by atoms with Crippen LogP contribution < -0.4 is 10.0 Å². The quantitative estimate of drug-likeness (QED) is 0.819. The molecule has 1 aromatic rings. The summed E-state index contributed by atoms with van der Waals surface area (Å²) in [5.74, 6) is 3.31. The number of nitrogens with one attached hydrogen (secondary N) is 2. The first kappa shape index (κ1) is 16.6. The summed E-state index contributed by atoms with van der Waals surface area (Å²) in [5.41, 5.74) is 0. The van der Waals surface area contributed by atoms with Gasteiger partial charge in [0.05, 0.1) is 4.90 Å². The summed E-state index contributed by atoms with van der Waals surface area (Å²) in [6, 6.07) is 1.78. The summed E-state index contributed by atoms with van der Waals surface area (Å²) in [6.07, 6.45) is 0. The number of thiophene rings is 1. The number of sulfonamides is 1. The van der Waals surface area contributed by atoms with Crippen LogP contribution in [-0.2, 0) is 16.6 Å². The third-order valence-electron chi connectivity index (χ3n) is 2.95. The van der Waals surface area contributed by atoms with Crippen molar-refractivity contribution in [3.8, 4) is 0 Å². The van der Waals surface area contributed by atoms with Crippen molar-refractivity contribution in [3.05, 3.63) is 15.8 Å². The van der Waals surface area contributed by atoms with E-state index in [2.05, 4.69) is 10.0 Å². The van der Waals surface area contributed by atoms with E-state index in [1.165, 1.54) is 17.1 Å². The van der Waals surface area contributed by atoms with E-state index in [1.54, 1.807) is 6.07 Å². The van der Waals surface area contributed by atoms with Gasteiger partial charge in [0.15, 0.2) is 0 Å². The van der Waals surface area contributed by atoms with Gasteiger partial charge < -0.3 is 5.32 Å². The third-order valence-corrected chi connectivity index (χ3v) is 8.52. The van der Waals surface area contributed by atoms with E-state index in [0.29, 0.717) is 23.2 Å². The van der Waals surface area contributed by atoms with Crippen molar-refractivity contribution >= 4 is 44.9 Å². The Bertz CT molecular complexity index is 536. The third kappa shape index (κ3) is 4.38. The van der Waals surface area contributed by atoms with E-state index in [-0.39, 0.29) is 0 Å². The zero-order valence-electron chi connectivity index (χ0n) is 11.6. The predicted molar refractivity (Wildman–Crippen MR) is 90.6 cm³/mol. The lowest BCUT2D eigenvalue weighted by Crippen LogP contribution is -2.33. The van der Waals surface area contributed by atoms with Gasteiger partial charge in [-0.25, -0.2) is 13.1 Å². The Labute approximate surface area is 133 Å². The molecular formula is C12H20N2O2S4. The largest absolute Gasteiger partial charge is 0.315 e. The second-order valence-corrected chi connectivity index (χ2v) is 10.2. The Balaban J connectivity index is 2.01. The molecule has 2 N–H and O–H groups in total. The summed E-state index contributed by atoms with van der Waals surface area (Å²) in [6.45, 7) is 3.09. The predicted octanol–water partition coefficient (Wildman–Crippen LogP) is 1.90. The van der Waals surface area contributed by atoms with Crippen molar-refractivity contribution in [2.24, 2.45) is 0 Å². The van der Waals surface area contributed by atoms with Crippen LogP contribution in [0.3, 0.4) is 0 Å². The molecule has 114 valence electrons. The Hall–Kier alpha value is 0.270. The van der Waals surface area contributed by atoms with Gasteiger partial charge in [-0.3, -0.25) is 0 Å². The van der Waals surface area contributed by atoms with Crippen LogP contribution in [0.25, 0.3) is 0 Å². The van der Waals surface area contributed by atoms with Crippen LogP contribution in [0, 0.1) is 6.92 Å². The molecule has 1 unspecified atom stereocenters. The first-order valence-electron chi connectivity index (χ1n) is 6.46. The summed E-state index contributed by atoms with van der Waals surface area (Å²) < 4.78 is 27.5. The summed E-state index contributed by atoms with van der Waals surface area (Å²) in [7, 11) is -1.52. The normalized spacial score (nSPS) is 20.2. The van der Waals surface area contributed by atoms with Crippen molar-refractivity contribution in [3.63, 3.8) is 0 Å². The fraction of sp³-hybridized carbons (Fsp3) is 0.667. The van der Waals surface area contributed by atoms with Crippen LogP contribution in [0.15, 0.2) is 11.0 Å². The first-order chi connectivity index (χ1) is 9.53. The average molecular weight is 353 g/mol. The SMILES string of the molecule is CNCc1cc(S(=O)(=O)NCC2CSCCS2)c(C)s1. The molecule has 0 aliphatic carbocycles. The molecule has 0 amide bonds. The van der Waals surface area contributed by atoms with Gasteiger partial charge in [0.2, 0.25) is 10.0 Å². The highest BCUT2D eigenvalue weighted by atomic mass is 32.2. The van der Waals surface area contributed by atoms with Gasteiger partial charge in [-0.2, -0.15) is 23.5 Å². The number of rotatable bonds is 6. The minimum absolute atomic E-state index is 0.388. The van der Waals surface area contributed by atoms with Gasteiger partial charge in [0, 0.05) is 45.4 Å². The molecule has 0 aromatic carbocycles. The number of thioether (sulfide) groups is 2. The molecule has 0 radical (unpaired) electrons. The molecule has 8 heteroatoms. The standard InChI is InChI=1S/C12H20N2O2S4/c1-9-12(5-10(19-9)6-13-2)20(15,16)14-7-11-8-17-3-4-18-11/h5,11,13-14H,3-4,6-8H2,1-2H3. The maximum atomic E-state index is 12.4. The van der Waals surface area contributed by atoms with Gasteiger partial charge in [-0.15, -0.1) is 11.3 Å². The molecule has 1 atom stereocenters. The van der Waals surface area contributed by atoms with E-state index in [4.69, 9.17) is 0 Å². The fourth-order valence-electron chi connectivity index (χ4n) is 1.99. The maximum absolute atomic E-state index is 12.4. The minimum atomic E-state index is -3.38. The molecule has 2 heterocycles. The molecule has 1 aliphatic heterocycles. The minimum Gasteiger partial charge on any atom is -0.315 e. The Morgan fingerprint density at radius 2 is 2.20 bits per heavy atom. The first-order valence-corrected chi connectivity index (χ1v) is 11.0. The Kier molecular flexibility index (Phi) is 6.25. The maximum Gasteiger partial charge on any atom is 0.241 e. The van der Waals surface area contributed by atoms with Crippen LogP contribution in [0.4, 0.5) is 0 Å². The van der Waals surface area contributed by atoms with Crippen LogP contribution in [-0.4, -0.2) is 44.5 Å². The van der Waals surface area contributed by atoms with E-state index < -0.39 is 10.0 Å². The van der Waals surface area contributed by atoms with Gasteiger partial charge in [0.25, 0.3) is 0 Å². The van der Waals surface area contributed by atoms with Crippen molar-refractivity contribution in [1.82, 2.24) is 10.0 Å². The van der Waals surface area contributed by atoms with Crippen molar-refractivity contribution in [1.29, 1.82) is 0 Å². The summed E-state index contributed by atoms with van der Waals surface area (Å²) in [5, 5.41) is 3.44. The molecule has 4 nitrogen and oxygen atoms in total. The molecule has 20 heavy (non-hydrogen) atoms. The molecule has 0 spiro atoms. The molecule has 2 rings (SSSR count). The highest BCUT2D eigenvalue weighted by molar-refractivity contribution is 8.06. The zero-order valence-corrected chi connectivity index (χ0v) is 14.9. The highest BCUT2D eigenvalue weighted by Crippen LogP contribution is 2.27. The average Bonchev–Trinajstić information content (AvgIpc) is 2.80. The molecule has 1 saturated heterocycles. The lowest BCUT2D eigenvalue weighted by Gasteiger charge is -2.21. The highest BCUT2D eigenvalue weighted by Gasteiger charge is 2.22. The van der Waals surface area contributed by atoms with Crippen LogP contribution in [0.5, 0.6) is 0 Å². The van der Waals surface area contributed by atoms with E-state index in [9.17, 15) is 8.42 Å². The molecule has 0 bridgehead atoms. The topological polar surface area (TPSA) is 58.2 Å². The number of hydrogen-bond acceptors (Lipinski definition) is 6. The zero-order chi connectivity index (χ0) is 14.6. The van der Waals surface area contributed by atoms with Gasteiger partial charge in [-0.1, -0.05) is 0 Å². The number of aryl methyl sites for hydroxylation is 1. The summed E-state index contributed by atoms with van der Waals surface area (Å²) in [4.78, 5) is 2.34. The van der Waals surface area contributed by atoms with Gasteiger partial charge >= 0.3 is 0 Å². The van der Waals surface area contributed by atoms with Gasteiger partial charge in [-0.05, 0) is 20.0 Å². The van der Waals surface area contributed by atoms with E-state index in [1.807, 2.05) is 37.5 Å². The molecule has 0 saturated carbocycles. The summed E-state index contributed by atoms with van der Waals surface area (Å²) >= 11 is 5.30. The van der Waals surface area contributed by atoms with Crippen molar-refractivity contribution in [2.75, 3.05) is 30.9 Å². The lowest BCUT2D eigenvalue weighted by atomic mass is 10.4. The van der Waals surface area contributed by atoms with Crippen molar-refractivity contribution in [2.45, 2.75) is 23.6 Å². The van der Waals surface area contributed by atoms with Crippen LogP contribution in [0.1, 0.15) is 9.75 Å². The number of hydrogen-bond donors (Lipinski definition) is 2. The fourth-order valence-corrected chi connectivity index (χ4v) is 7.43. The second kappa shape index (κ2) is 7.51. The molecule has 1 aromatic heterocycles. The lowest BCUT2D eigenvalue weighted by molar-refractivity contribution is 0.581. The molecule has 1 aliphatic rings. The van der Waals surface area contributed by atoms with E-state index >= 15 is 0 Å². The second-order valence-electron chi connectivity index (χ2n) is 4.58. The van der Waals surface area contributed by atoms with E-state index in [0.717, 1.165) is 21.3 Å². The molecule has 1 fully saturated rings. The Morgan fingerprint density at radius 1 is 1.40 bits per heavy atom. The Morgan fingerprint density at radius 3 is 2.85 bits per heavy atom. The van der Waals surface area contributed by atoms with Crippen LogP contribution in [0.2, 0.25) is 0 Å². The van der Waals surface area contributed by atoms with Gasteiger partial charge in [0.1, 0.15) is 0 Å². The van der Waals surface area contributed by atoms with Crippen molar-refractivity contribution < 1.29 is 8.42 Å².